The van der Waals surface area contributed by atoms with Crippen LogP contribution in [0.1, 0.15) is 10.6 Å². The van der Waals surface area contributed by atoms with Crippen LogP contribution in [0.2, 0.25) is 0 Å². The summed E-state index contributed by atoms with van der Waals surface area (Å²) in [4.78, 5) is 27.4. The van der Waals surface area contributed by atoms with Crippen LogP contribution in [0.3, 0.4) is 0 Å². The van der Waals surface area contributed by atoms with Crippen LogP contribution in [-0.2, 0) is 0 Å². The molecule has 0 saturated heterocycles. The van der Waals surface area contributed by atoms with Gasteiger partial charge in [0, 0.05) is 17.1 Å². The third kappa shape index (κ3) is 2.16. The van der Waals surface area contributed by atoms with Gasteiger partial charge in [-0.15, -0.1) is 0 Å². The molecule has 0 radical (unpaired) electrons. The van der Waals surface area contributed by atoms with Gasteiger partial charge < -0.3 is 10.2 Å². The molecule has 0 unspecified atom stereocenters. The van der Waals surface area contributed by atoms with Crippen molar-refractivity contribution in [2.75, 3.05) is 0 Å². The minimum absolute atomic E-state index is 0.0850. The fourth-order valence-electron chi connectivity index (χ4n) is 2.16. The second-order valence-electron chi connectivity index (χ2n) is 4.36. The lowest BCUT2D eigenvalue weighted by Crippen LogP contribution is -2.17. The van der Waals surface area contributed by atoms with Crippen molar-refractivity contribution in [2.24, 2.45) is 5.73 Å². The summed E-state index contributed by atoms with van der Waals surface area (Å²) in [5.41, 5.74) is 5.45. The van der Waals surface area contributed by atoms with Crippen molar-refractivity contribution in [3.63, 3.8) is 0 Å². The molecule has 0 saturated carbocycles. The van der Waals surface area contributed by atoms with E-state index in [9.17, 15) is 14.0 Å². The molecule has 1 amide bonds. The molecule has 0 aliphatic rings. The summed E-state index contributed by atoms with van der Waals surface area (Å²) in [6.45, 7) is 0. The number of halogens is 1. The molecule has 3 rings (SSSR count). The van der Waals surface area contributed by atoms with E-state index in [1.807, 2.05) is 0 Å². The lowest BCUT2D eigenvalue weighted by molar-refractivity contribution is 0.0971. The molecule has 0 fully saturated rings. The van der Waals surface area contributed by atoms with Gasteiger partial charge in [0.25, 0.3) is 5.91 Å². The molecule has 104 valence electrons. The number of amides is 1. The van der Waals surface area contributed by atoms with Crippen LogP contribution in [-0.4, -0.2) is 10.9 Å². The normalized spacial score (nSPS) is 10.7. The largest absolute Gasteiger partial charge is 0.415 e. The zero-order valence-corrected chi connectivity index (χ0v) is 10.7. The highest BCUT2D eigenvalue weighted by molar-refractivity contribution is 6.05. The van der Waals surface area contributed by atoms with E-state index in [1.54, 1.807) is 12.1 Å². The summed E-state index contributed by atoms with van der Waals surface area (Å²) in [5.74, 6) is -1.57. The highest BCUT2D eigenvalue weighted by Gasteiger charge is 2.19. The van der Waals surface area contributed by atoms with Crippen molar-refractivity contribution in [1.29, 1.82) is 0 Å². The Morgan fingerprint density at radius 1 is 1.19 bits per heavy atom. The van der Waals surface area contributed by atoms with Crippen LogP contribution in [0.25, 0.3) is 22.0 Å². The predicted molar refractivity (Wildman–Crippen MR) is 74.2 cm³/mol. The Balaban J connectivity index is 2.46. The summed E-state index contributed by atoms with van der Waals surface area (Å²) in [7, 11) is 0. The van der Waals surface area contributed by atoms with Crippen molar-refractivity contribution in [2.45, 2.75) is 0 Å². The number of hydrogen-bond donors (Lipinski definition) is 1. The summed E-state index contributed by atoms with van der Waals surface area (Å²) < 4.78 is 18.0. The van der Waals surface area contributed by atoms with Gasteiger partial charge in [0.05, 0.1) is 0 Å². The maximum atomic E-state index is 13.1. The number of fused-ring (bicyclic) bond motifs is 1. The van der Waals surface area contributed by atoms with Gasteiger partial charge in [-0.3, -0.25) is 4.79 Å². The topological polar surface area (TPSA) is 86.2 Å². The second kappa shape index (κ2) is 4.82. The van der Waals surface area contributed by atoms with Crippen LogP contribution in [0.15, 0.2) is 51.8 Å². The maximum absolute atomic E-state index is 13.1. The average Bonchev–Trinajstić information content (AvgIpc) is 2.48. The fraction of sp³-hybridized carbons (Fsp3) is 0. The molecule has 0 aliphatic heterocycles. The number of rotatable bonds is 2. The van der Waals surface area contributed by atoms with Gasteiger partial charge in [-0.05, 0) is 23.8 Å². The minimum Gasteiger partial charge on any atom is -0.415 e. The Hall–Kier alpha value is -3.02. The number of nitrogens with zero attached hydrogens (tertiary/aromatic N) is 1. The third-order valence-electron chi connectivity index (χ3n) is 3.05. The van der Waals surface area contributed by atoms with Gasteiger partial charge in [-0.2, -0.15) is 0 Å². The first-order valence-electron chi connectivity index (χ1n) is 6.05. The zero-order valence-electron chi connectivity index (χ0n) is 10.7. The highest BCUT2D eigenvalue weighted by Crippen LogP contribution is 2.29. The quantitative estimate of drug-likeness (QED) is 0.780. The van der Waals surface area contributed by atoms with E-state index in [-0.39, 0.29) is 11.3 Å². The lowest BCUT2D eigenvalue weighted by Gasteiger charge is -2.09. The molecular formula is C15H9FN2O3. The van der Waals surface area contributed by atoms with Crippen LogP contribution >= 0.6 is 0 Å². The third-order valence-corrected chi connectivity index (χ3v) is 3.05. The van der Waals surface area contributed by atoms with Gasteiger partial charge in [0.1, 0.15) is 5.82 Å². The molecule has 2 heterocycles. The Labute approximate surface area is 117 Å². The smallest absolute Gasteiger partial charge is 0.363 e. The van der Waals surface area contributed by atoms with Crippen molar-refractivity contribution in [1.82, 2.24) is 4.98 Å². The van der Waals surface area contributed by atoms with Crippen molar-refractivity contribution < 1.29 is 13.6 Å². The predicted octanol–water partition coefficient (Wildman–Crippen LogP) is 2.09. The number of pyridine rings is 1. The first-order valence-corrected chi connectivity index (χ1v) is 6.05. The van der Waals surface area contributed by atoms with Crippen molar-refractivity contribution >= 4 is 16.8 Å². The second-order valence-corrected chi connectivity index (χ2v) is 4.36. The zero-order chi connectivity index (χ0) is 15.0. The number of benzene rings is 1. The molecule has 3 aromatic rings. The molecule has 0 bridgehead atoms. The van der Waals surface area contributed by atoms with Gasteiger partial charge in [0.15, 0.2) is 5.52 Å². The molecule has 6 heteroatoms. The van der Waals surface area contributed by atoms with Crippen LogP contribution in [0, 0.1) is 5.82 Å². The Bertz CT molecular complexity index is 901. The first-order chi connectivity index (χ1) is 10.1. The van der Waals surface area contributed by atoms with E-state index in [1.165, 1.54) is 30.5 Å². The summed E-state index contributed by atoms with van der Waals surface area (Å²) in [6.07, 6.45) is 1.44. The van der Waals surface area contributed by atoms with Gasteiger partial charge >= 0.3 is 5.63 Å². The summed E-state index contributed by atoms with van der Waals surface area (Å²) in [5, 5.41) is 0.425. The van der Waals surface area contributed by atoms with Crippen molar-refractivity contribution in [3.8, 4) is 11.1 Å². The Morgan fingerprint density at radius 3 is 2.57 bits per heavy atom. The molecule has 0 atom stereocenters. The van der Waals surface area contributed by atoms with E-state index < -0.39 is 17.3 Å². The fourth-order valence-corrected chi connectivity index (χ4v) is 2.16. The minimum atomic E-state index is -0.878. The Morgan fingerprint density at radius 2 is 1.90 bits per heavy atom. The van der Waals surface area contributed by atoms with Crippen LogP contribution < -0.4 is 11.4 Å². The first kappa shape index (κ1) is 13.0. The maximum Gasteiger partial charge on any atom is 0.363 e. The number of carbonyl (C=O) groups is 1. The number of nitrogens with two attached hydrogens (primary N) is 1. The number of hydrogen-bond acceptors (Lipinski definition) is 4. The molecule has 0 aliphatic carbocycles. The van der Waals surface area contributed by atoms with Crippen LogP contribution in [0.5, 0.6) is 0 Å². The highest BCUT2D eigenvalue weighted by atomic mass is 19.1. The SMILES string of the molecule is NC(=O)c1oc(=O)c2ncccc2c1-c1ccc(F)cc1. The van der Waals surface area contributed by atoms with E-state index >= 15 is 0 Å². The van der Waals surface area contributed by atoms with Gasteiger partial charge in [0.2, 0.25) is 5.76 Å². The van der Waals surface area contributed by atoms with E-state index in [0.29, 0.717) is 16.5 Å². The summed E-state index contributed by atoms with van der Waals surface area (Å²) in [6, 6.07) is 8.69. The number of carbonyl (C=O) groups excluding carboxylic acids is 1. The van der Waals surface area contributed by atoms with E-state index in [0.717, 1.165) is 0 Å². The summed E-state index contributed by atoms with van der Waals surface area (Å²) >= 11 is 0. The Kier molecular flexibility index (Phi) is 2.98. The van der Waals surface area contributed by atoms with E-state index in [4.69, 9.17) is 10.2 Å². The van der Waals surface area contributed by atoms with Gasteiger partial charge in [-0.1, -0.05) is 18.2 Å². The molecule has 2 N–H and O–H groups in total. The average molecular weight is 284 g/mol. The molecule has 2 aromatic heterocycles. The standard InChI is InChI=1S/C15H9FN2O3/c16-9-5-3-8(4-6-9)11-10-2-1-7-18-12(10)15(20)21-13(11)14(17)19/h1-7H,(H2,17,19). The lowest BCUT2D eigenvalue weighted by atomic mass is 10.00. The molecule has 5 nitrogen and oxygen atoms in total. The number of aromatic nitrogens is 1. The molecule has 0 spiro atoms. The monoisotopic (exact) mass is 284 g/mol. The van der Waals surface area contributed by atoms with E-state index in [2.05, 4.69) is 4.98 Å². The van der Waals surface area contributed by atoms with Crippen LogP contribution in [0.4, 0.5) is 4.39 Å². The number of primary amides is 1. The van der Waals surface area contributed by atoms with Gasteiger partial charge in [-0.25, -0.2) is 14.2 Å². The molecule has 1 aromatic carbocycles. The van der Waals surface area contributed by atoms with Crippen molar-refractivity contribution in [3.05, 3.63) is 64.6 Å². The molecule has 21 heavy (non-hydrogen) atoms. The molecular weight excluding hydrogens is 275 g/mol.